The first-order chi connectivity index (χ1) is 12.6. The number of amides is 2. The molecule has 2 aromatic carbocycles. The molecule has 2 amide bonds. The second-order valence-corrected chi connectivity index (χ2v) is 7.00. The van der Waals surface area contributed by atoms with Crippen molar-refractivity contribution in [1.82, 2.24) is 4.90 Å². The summed E-state index contributed by atoms with van der Waals surface area (Å²) in [7, 11) is 0. The maximum Gasteiger partial charge on any atom is 0.282 e. The maximum atomic E-state index is 13.3. The van der Waals surface area contributed by atoms with Gasteiger partial charge in [0, 0.05) is 13.1 Å². The Kier molecular flexibility index (Phi) is 4.11. The second-order valence-electron chi connectivity index (χ2n) is 7.00. The van der Waals surface area contributed by atoms with E-state index in [1.807, 2.05) is 62.4 Å². The number of nitrogens with zero attached hydrogens (tertiary/aromatic N) is 2. The fraction of sp³-hybridized carbons (Fsp3) is 0.273. The molecular weight excluding hydrogens is 324 g/mol. The normalized spacial score (nSPS) is 17.6. The Labute approximate surface area is 153 Å². The van der Waals surface area contributed by atoms with Crippen LogP contribution >= 0.6 is 0 Å². The second kappa shape index (κ2) is 6.45. The third-order valence-electron chi connectivity index (χ3n) is 5.29. The molecule has 2 aliphatic rings. The summed E-state index contributed by atoms with van der Waals surface area (Å²) in [5, 5.41) is 0. The summed E-state index contributed by atoms with van der Waals surface area (Å²) in [6.07, 6.45) is 2.10. The molecule has 26 heavy (non-hydrogen) atoms. The van der Waals surface area contributed by atoms with Gasteiger partial charge in [-0.2, -0.15) is 0 Å². The number of anilines is 1. The molecule has 0 atom stereocenters. The highest BCUT2D eigenvalue weighted by Gasteiger charge is 2.42. The van der Waals surface area contributed by atoms with Crippen molar-refractivity contribution in [2.24, 2.45) is 0 Å². The predicted molar refractivity (Wildman–Crippen MR) is 103 cm³/mol. The summed E-state index contributed by atoms with van der Waals surface area (Å²) < 4.78 is 0. The molecular formula is C22H22N2O2. The van der Waals surface area contributed by atoms with Crippen molar-refractivity contribution in [3.8, 4) is 0 Å². The maximum absolute atomic E-state index is 13.3. The van der Waals surface area contributed by atoms with Crippen molar-refractivity contribution in [2.45, 2.75) is 26.7 Å². The van der Waals surface area contributed by atoms with Gasteiger partial charge in [-0.1, -0.05) is 36.4 Å². The van der Waals surface area contributed by atoms with Crippen molar-refractivity contribution in [3.63, 3.8) is 0 Å². The minimum Gasteiger partial charge on any atom is -0.366 e. The number of hydrogen-bond acceptors (Lipinski definition) is 3. The van der Waals surface area contributed by atoms with E-state index in [1.165, 1.54) is 4.90 Å². The molecule has 4 nitrogen and oxygen atoms in total. The standard InChI is InChI=1S/C22H22N2O2/c1-15-10-11-18(14-16(15)2)24-21(25)19(17-8-4-3-5-9-17)20(22(24)26)23-12-6-7-13-23/h3-5,8-11,14H,6-7,12-13H2,1-2H3. The van der Waals surface area contributed by atoms with Gasteiger partial charge in [-0.3, -0.25) is 9.59 Å². The molecule has 0 radical (unpaired) electrons. The summed E-state index contributed by atoms with van der Waals surface area (Å²) in [4.78, 5) is 30.0. The van der Waals surface area contributed by atoms with Crippen LogP contribution in [0.3, 0.4) is 0 Å². The Hall–Kier alpha value is -2.88. The summed E-state index contributed by atoms with van der Waals surface area (Å²) >= 11 is 0. The van der Waals surface area contributed by atoms with Crippen LogP contribution in [0.15, 0.2) is 54.2 Å². The molecule has 4 rings (SSSR count). The van der Waals surface area contributed by atoms with Gasteiger partial charge < -0.3 is 4.90 Å². The van der Waals surface area contributed by atoms with E-state index in [0.29, 0.717) is 17.0 Å². The zero-order valence-electron chi connectivity index (χ0n) is 15.2. The Morgan fingerprint density at radius 3 is 2.15 bits per heavy atom. The first-order valence-electron chi connectivity index (χ1n) is 9.08. The van der Waals surface area contributed by atoms with Crippen LogP contribution in [-0.2, 0) is 9.59 Å². The molecule has 0 spiro atoms. The highest BCUT2D eigenvalue weighted by atomic mass is 16.2. The Morgan fingerprint density at radius 2 is 1.50 bits per heavy atom. The first kappa shape index (κ1) is 16.6. The van der Waals surface area contributed by atoms with Crippen molar-refractivity contribution in [2.75, 3.05) is 18.0 Å². The molecule has 0 N–H and O–H groups in total. The number of likely N-dealkylation sites (tertiary alicyclic amines) is 1. The lowest BCUT2D eigenvalue weighted by molar-refractivity contribution is -0.120. The van der Waals surface area contributed by atoms with Crippen LogP contribution in [0.5, 0.6) is 0 Å². The molecule has 0 unspecified atom stereocenters. The van der Waals surface area contributed by atoms with Gasteiger partial charge in [0.1, 0.15) is 5.70 Å². The molecule has 1 fully saturated rings. The molecule has 2 aromatic rings. The lowest BCUT2D eigenvalue weighted by Gasteiger charge is -2.20. The molecule has 0 aromatic heterocycles. The predicted octanol–water partition coefficient (Wildman–Crippen LogP) is 3.68. The number of carbonyl (C=O) groups excluding carboxylic acids is 2. The van der Waals surface area contributed by atoms with Crippen LogP contribution in [0.1, 0.15) is 29.5 Å². The quantitative estimate of drug-likeness (QED) is 0.796. The average molecular weight is 346 g/mol. The van der Waals surface area contributed by atoms with E-state index in [0.717, 1.165) is 42.6 Å². The fourth-order valence-electron chi connectivity index (χ4n) is 3.72. The number of aryl methyl sites for hydroxylation is 2. The van der Waals surface area contributed by atoms with E-state index in [4.69, 9.17) is 0 Å². The van der Waals surface area contributed by atoms with E-state index >= 15 is 0 Å². The van der Waals surface area contributed by atoms with Crippen LogP contribution in [-0.4, -0.2) is 29.8 Å². The molecule has 2 aliphatic heterocycles. The van der Waals surface area contributed by atoms with Gasteiger partial charge in [0.15, 0.2) is 0 Å². The minimum atomic E-state index is -0.230. The number of carbonyl (C=O) groups is 2. The summed E-state index contributed by atoms with van der Waals surface area (Å²) in [5.41, 5.74) is 4.74. The molecule has 1 saturated heterocycles. The monoisotopic (exact) mass is 346 g/mol. The van der Waals surface area contributed by atoms with Crippen molar-refractivity contribution in [1.29, 1.82) is 0 Å². The van der Waals surface area contributed by atoms with Crippen LogP contribution < -0.4 is 4.90 Å². The van der Waals surface area contributed by atoms with Gasteiger partial charge in [0.25, 0.3) is 11.8 Å². The largest absolute Gasteiger partial charge is 0.366 e. The van der Waals surface area contributed by atoms with Crippen molar-refractivity contribution >= 4 is 23.1 Å². The highest BCUT2D eigenvalue weighted by molar-refractivity contribution is 6.45. The molecule has 132 valence electrons. The Balaban J connectivity index is 1.83. The zero-order valence-corrected chi connectivity index (χ0v) is 15.2. The van der Waals surface area contributed by atoms with Crippen molar-refractivity contribution < 1.29 is 9.59 Å². The third-order valence-corrected chi connectivity index (χ3v) is 5.29. The Morgan fingerprint density at radius 1 is 0.808 bits per heavy atom. The molecule has 0 aliphatic carbocycles. The SMILES string of the molecule is Cc1ccc(N2C(=O)C(c3ccccc3)=C(N3CCCC3)C2=O)cc1C. The summed E-state index contributed by atoms with van der Waals surface area (Å²) in [5.74, 6) is -0.439. The Bertz CT molecular complexity index is 909. The zero-order chi connectivity index (χ0) is 18.3. The number of imide groups is 1. The minimum absolute atomic E-state index is 0.209. The average Bonchev–Trinajstić information content (AvgIpc) is 3.25. The van der Waals surface area contributed by atoms with E-state index < -0.39 is 0 Å². The van der Waals surface area contributed by atoms with E-state index in [2.05, 4.69) is 4.90 Å². The molecule has 0 saturated carbocycles. The van der Waals surface area contributed by atoms with Crippen LogP contribution in [0, 0.1) is 13.8 Å². The third kappa shape index (κ3) is 2.62. The number of benzene rings is 2. The fourth-order valence-corrected chi connectivity index (χ4v) is 3.72. The smallest absolute Gasteiger partial charge is 0.282 e. The lowest BCUT2D eigenvalue weighted by Crippen LogP contribution is -2.34. The van der Waals surface area contributed by atoms with E-state index in [1.54, 1.807) is 0 Å². The van der Waals surface area contributed by atoms with E-state index in [9.17, 15) is 9.59 Å². The van der Waals surface area contributed by atoms with Gasteiger partial charge >= 0.3 is 0 Å². The van der Waals surface area contributed by atoms with Crippen LogP contribution in [0.4, 0.5) is 5.69 Å². The summed E-state index contributed by atoms with van der Waals surface area (Å²) in [6.45, 7) is 5.67. The van der Waals surface area contributed by atoms with E-state index in [-0.39, 0.29) is 11.8 Å². The highest BCUT2D eigenvalue weighted by Crippen LogP contribution is 2.36. The van der Waals surface area contributed by atoms with Gasteiger partial charge in [-0.25, -0.2) is 4.90 Å². The first-order valence-corrected chi connectivity index (χ1v) is 9.08. The number of rotatable bonds is 3. The van der Waals surface area contributed by atoms with Gasteiger partial charge in [0.2, 0.25) is 0 Å². The molecule has 0 bridgehead atoms. The van der Waals surface area contributed by atoms with Gasteiger partial charge in [-0.15, -0.1) is 0 Å². The van der Waals surface area contributed by atoms with Gasteiger partial charge in [-0.05, 0) is 55.5 Å². The lowest BCUT2D eigenvalue weighted by atomic mass is 10.0. The van der Waals surface area contributed by atoms with Crippen molar-refractivity contribution in [3.05, 3.63) is 70.9 Å². The number of hydrogen-bond donors (Lipinski definition) is 0. The topological polar surface area (TPSA) is 40.6 Å². The summed E-state index contributed by atoms with van der Waals surface area (Å²) in [6, 6.07) is 15.3. The molecule has 2 heterocycles. The molecule has 4 heteroatoms. The van der Waals surface area contributed by atoms with Crippen LogP contribution in [0.2, 0.25) is 0 Å². The van der Waals surface area contributed by atoms with Crippen LogP contribution in [0.25, 0.3) is 5.57 Å². The van der Waals surface area contributed by atoms with Gasteiger partial charge in [0.05, 0.1) is 11.3 Å².